The van der Waals surface area contributed by atoms with Crippen molar-refractivity contribution >= 4 is 22.8 Å². The first-order chi connectivity index (χ1) is 16.5. The van der Waals surface area contributed by atoms with Gasteiger partial charge in [-0.3, -0.25) is 19.4 Å². The number of carbonyl (C=O) groups excluding carboxylic acids is 2. The molecule has 0 unspecified atom stereocenters. The van der Waals surface area contributed by atoms with E-state index in [0.29, 0.717) is 18.8 Å². The molecule has 8 nitrogen and oxygen atoms in total. The zero-order chi connectivity index (χ0) is 23.9. The Morgan fingerprint density at radius 3 is 2.71 bits per heavy atom. The zero-order valence-corrected chi connectivity index (χ0v) is 20.5. The predicted molar refractivity (Wildman–Crippen MR) is 133 cm³/mol. The average Bonchev–Trinajstić information content (AvgIpc) is 3.44. The van der Waals surface area contributed by atoms with Gasteiger partial charge in [0.05, 0.1) is 25.0 Å². The van der Waals surface area contributed by atoms with E-state index in [4.69, 9.17) is 9.84 Å². The number of hydrogen-bond donors (Lipinski definition) is 2. The molecule has 34 heavy (non-hydrogen) atoms. The first kappa shape index (κ1) is 24.1. The van der Waals surface area contributed by atoms with Crippen LogP contribution in [0.4, 0.5) is 0 Å². The standard InChI is InChI=1S/C25H31N5O3S/c1-17(31)34-14-6-4-3-5-13-26-25(32)24-20-11-12-22-21(23(20)27-28-24)16-30(29-22)15-18-7-9-19(33-2)10-8-18/h7-10,16H,3-6,11-15H2,1-2H3,(H,26,32)(H,27,28). The number of amides is 1. The summed E-state index contributed by atoms with van der Waals surface area (Å²) in [6.07, 6.45) is 7.61. The van der Waals surface area contributed by atoms with Crippen LogP contribution in [0.3, 0.4) is 0 Å². The van der Waals surface area contributed by atoms with E-state index in [1.54, 1.807) is 14.0 Å². The van der Waals surface area contributed by atoms with Crippen molar-refractivity contribution in [2.75, 3.05) is 19.4 Å². The van der Waals surface area contributed by atoms with Crippen molar-refractivity contribution < 1.29 is 14.3 Å². The van der Waals surface area contributed by atoms with Crippen LogP contribution in [0.15, 0.2) is 30.5 Å². The Morgan fingerprint density at radius 2 is 1.94 bits per heavy atom. The van der Waals surface area contributed by atoms with Crippen molar-refractivity contribution in [3.8, 4) is 17.0 Å². The SMILES string of the molecule is COc1ccc(Cn2cc3c(n2)CCc2c-3n[nH]c2C(=O)NCCCCCCSC(C)=O)cc1. The van der Waals surface area contributed by atoms with Gasteiger partial charge < -0.3 is 10.1 Å². The van der Waals surface area contributed by atoms with Crippen LogP contribution in [0, 0.1) is 0 Å². The molecule has 0 radical (unpaired) electrons. The van der Waals surface area contributed by atoms with Crippen LogP contribution in [0.5, 0.6) is 5.75 Å². The Morgan fingerprint density at radius 1 is 1.15 bits per heavy atom. The molecule has 2 N–H and O–H groups in total. The fourth-order valence-corrected chi connectivity index (χ4v) is 4.83. The molecule has 0 bridgehead atoms. The highest BCUT2D eigenvalue weighted by Gasteiger charge is 2.27. The van der Waals surface area contributed by atoms with Gasteiger partial charge in [0.2, 0.25) is 0 Å². The number of rotatable bonds is 11. The lowest BCUT2D eigenvalue weighted by Crippen LogP contribution is -2.26. The summed E-state index contributed by atoms with van der Waals surface area (Å²) in [7, 11) is 1.66. The van der Waals surface area contributed by atoms with Gasteiger partial charge in [-0.25, -0.2) is 0 Å². The van der Waals surface area contributed by atoms with Crippen molar-refractivity contribution in [2.45, 2.75) is 52.0 Å². The molecule has 1 aliphatic carbocycles. The molecule has 1 amide bonds. The van der Waals surface area contributed by atoms with Gasteiger partial charge in [-0.15, -0.1) is 0 Å². The molecule has 0 fully saturated rings. The topological polar surface area (TPSA) is 102 Å². The minimum Gasteiger partial charge on any atom is -0.497 e. The van der Waals surface area contributed by atoms with Crippen LogP contribution >= 0.6 is 11.8 Å². The summed E-state index contributed by atoms with van der Waals surface area (Å²) in [4.78, 5) is 23.7. The number of benzene rings is 1. The molecular formula is C25H31N5O3S. The Bertz CT molecular complexity index is 1140. The molecule has 0 saturated heterocycles. The van der Waals surface area contributed by atoms with Gasteiger partial charge in [-0.2, -0.15) is 10.2 Å². The molecular weight excluding hydrogens is 450 g/mol. The van der Waals surface area contributed by atoms with Gasteiger partial charge >= 0.3 is 0 Å². The third-order valence-corrected chi connectivity index (χ3v) is 6.86. The maximum Gasteiger partial charge on any atom is 0.269 e. The van der Waals surface area contributed by atoms with Crippen molar-refractivity contribution in [1.82, 2.24) is 25.3 Å². The molecule has 0 atom stereocenters. The lowest BCUT2D eigenvalue weighted by Gasteiger charge is -2.11. The van der Waals surface area contributed by atoms with Crippen LogP contribution in [0.25, 0.3) is 11.3 Å². The summed E-state index contributed by atoms with van der Waals surface area (Å²) in [6.45, 7) is 2.90. The minimum atomic E-state index is -0.102. The van der Waals surface area contributed by atoms with Crippen molar-refractivity contribution in [1.29, 1.82) is 0 Å². The van der Waals surface area contributed by atoms with Crippen LogP contribution in [-0.2, 0) is 24.2 Å². The molecule has 1 aliphatic rings. The predicted octanol–water partition coefficient (Wildman–Crippen LogP) is 4.00. The van der Waals surface area contributed by atoms with Crippen LogP contribution in [0.1, 0.15) is 59.9 Å². The summed E-state index contributed by atoms with van der Waals surface area (Å²) in [5.41, 5.74) is 5.50. The number of fused-ring (bicyclic) bond motifs is 3. The van der Waals surface area contributed by atoms with E-state index in [0.717, 1.165) is 78.1 Å². The second-order valence-corrected chi connectivity index (χ2v) is 9.74. The summed E-state index contributed by atoms with van der Waals surface area (Å²) in [6, 6.07) is 7.96. The maximum atomic E-state index is 12.7. The third kappa shape index (κ3) is 5.88. The summed E-state index contributed by atoms with van der Waals surface area (Å²) in [5, 5.41) is 15.4. The Kier molecular flexibility index (Phi) is 8.05. The lowest BCUT2D eigenvalue weighted by molar-refractivity contribution is -0.109. The quantitative estimate of drug-likeness (QED) is 0.402. The van der Waals surface area contributed by atoms with E-state index < -0.39 is 0 Å². The number of aromatic nitrogens is 4. The van der Waals surface area contributed by atoms with E-state index in [2.05, 4.69) is 15.5 Å². The largest absolute Gasteiger partial charge is 0.497 e. The molecule has 4 rings (SSSR count). The number of carbonyl (C=O) groups is 2. The minimum absolute atomic E-state index is 0.102. The molecule has 0 saturated carbocycles. The smallest absolute Gasteiger partial charge is 0.269 e. The number of nitrogens with one attached hydrogen (secondary N) is 2. The van der Waals surface area contributed by atoms with E-state index in [-0.39, 0.29) is 11.0 Å². The molecule has 2 heterocycles. The van der Waals surface area contributed by atoms with Gasteiger partial charge in [-0.1, -0.05) is 36.7 Å². The fraction of sp³-hybridized carbons (Fsp3) is 0.440. The van der Waals surface area contributed by atoms with Crippen molar-refractivity contribution in [3.63, 3.8) is 0 Å². The van der Waals surface area contributed by atoms with E-state index in [1.165, 1.54) is 11.8 Å². The molecule has 0 aliphatic heterocycles. The van der Waals surface area contributed by atoms with E-state index >= 15 is 0 Å². The summed E-state index contributed by atoms with van der Waals surface area (Å²) < 4.78 is 7.16. The number of unbranched alkanes of at least 4 members (excludes halogenated alkanes) is 3. The number of thioether (sulfide) groups is 1. The highest BCUT2D eigenvalue weighted by molar-refractivity contribution is 8.13. The molecule has 3 aromatic rings. The number of aryl methyl sites for hydroxylation is 1. The lowest BCUT2D eigenvalue weighted by atomic mass is 9.94. The van der Waals surface area contributed by atoms with Gasteiger partial charge in [-0.05, 0) is 43.4 Å². The van der Waals surface area contributed by atoms with Crippen LogP contribution in [-0.4, -0.2) is 50.4 Å². The number of H-pyrrole nitrogens is 1. The number of aromatic amines is 1. The van der Waals surface area contributed by atoms with E-state index in [1.807, 2.05) is 35.1 Å². The average molecular weight is 482 g/mol. The highest BCUT2D eigenvalue weighted by Crippen LogP contribution is 2.33. The Labute approximate surface area is 203 Å². The van der Waals surface area contributed by atoms with Crippen LogP contribution in [0.2, 0.25) is 0 Å². The van der Waals surface area contributed by atoms with Crippen molar-refractivity contribution in [2.24, 2.45) is 0 Å². The second-order valence-electron chi connectivity index (χ2n) is 8.47. The Hall–Kier alpha value is -3.07. The highest BCUT2D eigenvalue weighted by atomic mass is 32.2. The number of nitrogens with zero attached hydrogens (tertiary/aromatic N) is 3. The van der Waals surface area contributed by atoms with Gasteiger partial charge in [0.15, 0.2) is 5.12 Å². The van der Waals surface area contributed by atoms with Crippen molar-refractivity contribution in [3.05, 3.63) is 53.0 Å². The number of hydrogen-bond acceptors (Lipinski definition) is 6. The normalized spacial score (nSPS) is 12.2. The fourth-order valence-electron chi connectivity index (χ4n) is 4.19. The number of ether oxygens (including phenoxy) is 1. The van der Waals surface area contributed by atoms with Gasteiger partial charge in [0.1, 0.15) is 11.4 Å². The monoisotopic (exact) mass is 481 g/mol. The molecule has 0 spiro atoms. The molecule has 9 heteroatoms. The molecule has 1 aromatic carbocycles. The maximum absolute atomic E-state index is 12.7. The summed E-state index contributed by atoms with van der Waals surface area (Å²) >= 11 is 1.38. The van der Waals surface area contributed by atoms with E-state index in [9.17, 15) is 9.59 Å². The summed E-state index contributed by atoms with van der Waals surface area (Å²) in [5.74, 6) is 1.61. The van der Waals surface area contributed by atoms with Crippen LogP contribution < -0.4 is 10.1 Å². The molecule has 2 aromatic heterocycles. The molecule has 180 valence electrons. The Balaban J connectivity index is 1.31. The first-order valence-corrected chi connectivity index (χ1v) is 12.7. The second kappa shape index (κ2) is 11.4. The zero-order valence-electron chi connectivity index (χ0n) is 19.7. The first-order valence-electron chi connectivity index (χ1n) is 11.7. The number of methoxy groups -OCH3 is 1. The van der Waals surface area contributed by atoms with Gasteiger partial charge in [0, 0.05) is 36.5 Å². The third-order valence-electron chi connectivity index (χ3n) is 5.96. The van der Waals surface area contributed by atoms with Gasteiger partial charge in [0.25, 0.3) is 5.91 Å².